The van der Waals surface area contributed by atoms with Gasteiger partial charge < -0.3 is 5.32 Å². The molecule has 25 heavy (non-hydrogen) atoms. The standard InChI is InChI=1S/C19H18N6/c1-9-22-24(11-1)16-6-2-14(3-7-16)12-21-18-8-10-20-19-17(15-4-5-15)13-23-25(18)19/h1-3,6-11,13,15,21H,4-5,12H2. The van der Waals surface area contributed by atoms with Gasteiger partial charge in [0.05, 0.1) is 11.9 Å². The molecule has 4 aromatic rings. The van der Waals surface area contributed by atoms with Gasteiger partial charge in [-0.15, -0.1) is 0 Å². The molecule has 6 nitrogen and oxygen atoms in total. The smallest absolute Gasteiger partial charge is 0.160 e. The first kappa shape index (κ1) is 14.2. The Morgan fingerprint density at radius 2 is 1.92 bits per heavy atom. The van der Waals surface area contributed by atoms with Crippen molar-refractivity contribution in [3.8, 4) is 5.69 Å². The minimum absolute atomic E-state index is 0.648. The number of nitrogens with one attached hydrogen (secondary N) is 1. The van der Waals surface area contributed by atoms with E-state index < -0.39 is 0 Å². The number of anilines is 1. The van der Waals surface area contributed by atoms with Gasteiger partial charge in [0, 0.05) is 30.7 Å². The zero-order valence-electron chi connectivity index (χ0n) is 13.7. The second kappa shape index (κ2) is 5.73. The normalized spacial score (nSPS) is 14.1. The second-order valence-electron chi connectivity index (χ2n) is 6.41. The Hall–Kier alpha value is -3.15. The van der Waals surface area contributed by atoms with Crippen LogP contribution >= 0.6 is 0 Å². The Bertz CT molecular complexity index is 996. The Labute approximate surface area is 145 Å². The van der Waals surface area contributed by atoms with Crippen molar-refractivity contribution < 1.29 is 0 Å². The number of hydrogen-bond acceptors (Lipinski definition) is 4. The lowest BCUT2D eigenvalue weighted by atomic mass is 10.2. The highest BCUT2D eigenvalue weighted by Gasteiger charge is 2.27. The summed E-state index contributed by atoms with van der Waals surface area (Å²) in [6.07, 6.45) is 10.0. The third-order valence-electron chi connectivity index (χ3n) is 4.62. The Morgan fingerprint density at radius 1 is 1.04 bits per heavy atom. The number of benzene rings is 1. The predicted molar refractivity (Wildman–Crippen MR) is 95.9 cm³/mol. The lowest BCUT2D eigenvalue weighted by molar-refractivity contribution is 0.878. The average Bonchev–Trinajstić information content (AvgIpc) is 3.18. The van der Waals surface area contributed by atoms with E-state index in [2.05, 4.69) is 44.8 Å². The van der Waals surface area contributed by atoms with Crippen molar-refractivity contribution >= 4 is 11.5 Å². The van der Waals surface area contributed by atoms with Gasteiger partial charge in [-0.2, -0.15) is 14.7 Å². The molecule has 1 aliphatic rings. The van der Waals surface area contributed by atoms with E-state index in [-0.39, 0.29) is 0 Å². The molecule has 0 aliphatic heterocycles. The zero-order chi connectivity index (χ0) is 16.6. The van der Waals surface area contributed by atoms with Crippen molar-refractivity contribution in [1.82, 2.24) is 24.4 Å². The van der Waals surface area contributed by atoms with Crippen LogP contribution < -0.4 is 5.32 Å². The van der Waals surface area contributed by atoms with Crippen LogP contribution in [0.2, 0.25) is 0 Å². The maximum absolute atomic E-state index is 4.52. The van der Waals surface area contributed by atoms with Crippen LogP contribution in [0.25, 0.3) is 11.3 Å². The molecule has 0 spiro atoms. The van der Waals surface area contributed by atoms with Crippen LogP contribution in [0, 0.1) is 0 Å². The van der Waals surface area contributed by atoms with E-state index >= 15 is 0 Å². The molecular formula is C19H18N6. The largest absolute Gasteiger partial charge is 0.366 e. The predicted octanol–water partition coefficient (Wildman–Crippen LogP) is 3.40. The van der Waals surface area contributed by atoms with Gasteiger partial charge in [-0.05, 0) is 48.6 Å². The molecular weight excluding hydrogens is 312 g/mol. The third-order valence-corrected chi connectivity index (χ3v) is 4.62. The van der Waals surface area contributed by atoms with Crippen LogP contribution in [-0.2, 0) is 6.54 Å². The molecule has 1 aliphatic carbocycles. The molecule has 0 saturated heterocycles. The molecule has 3 aromatic heterocycles. The van der Waals surface area contributed by atoms with Gasteiger partial charge in [-0.25, -0.2) is 9.67 Å². The van der Waals surface area contributed by atoms with Crippen molar-refractivity contribution in [2.45, 2.75) is 25.3 Å². The maximum atomic E-state index is 4.52. The topological polar surface area (TPSA) is 60.0 Å². The number of fused-ring (bicyclic) bond motifs is 1. The summed E-state index contributed by atoms with van der Waals surface area (Å²) in [5, 5.41) is 12.2. The van der Waals surface area contributed by atoms with Gasteiger partial charge in [0.2, 0.25) is 0 Å². The van der Waals surface area contributed by atoms with Crippen molar-refractivity contribution in [1.29, 1.82) is 0 Å². The molecule has 0 amide bonds. The van der Waals surface area contributed by atoms with Crippen LogP contribution in [0.4, 0.5) is 5.82 Å². The highest BCUT2D eigenvalue weighted by atomic mass is 15.3. The first-order chi connectivity index (χ1) is 12.4. The van der Waals surface area contributed by atoms with Crippen LogP contribution in [0.5, 0.6) is 0 Å². The van der Waals surface area contributed by atoms with Gasteiger partial charge >= 0.3 is 0 Å². The van der Waals surface area contributed by atoms with E-state index in [0.717, 1.165) is 23.7 Å². The number of aromatic nitrogens is 5. The molecule has 0 radical (unpaired) electrons. The molecule has 3 heterocycles. The monoisotopic (exact) mass is 330 g/mol. The molecule has 0 unspecified atom stereocenters. The summed E-state index contributed by atoms with van der Waals surface area (Å²) in [6, 6.07) is 12.3. The van der Waals surface area contributed by atoms with Gasteiger partial charge in [0.15, 0.2) is 5.65 Å². The van der Waals surface area contributed by atoms with Crippen molar-refractivity contribution in [3.05, 3.63) is 72.3 Å². The molecule has 124 valence electrons. The molecule has 1 aromatic carbocycles. The van der Waals surface area contributed by atoms with Gasteiger partial charge in [0.1, 0.15) is 5.82 Å². The lowest BCUT2D eigenvalue weighted by Gasteiger charge is -2.09. The van der Waals surface area contributed by atoms with E-state index in [1.807, 2.05) is 39.9 Å². The number of rotatable bonds is 5. The summed E-state index contributed by atoms with van der Waals surface area (Å²) < 4.78 is 3.76. The number of nitrogens with zero attached hydrogens (tertiary/aromatic N) is 5. The van der Waals surface area contributed by atoms with Gasteiger partial charge in [-0.3, -0.25) is 0 Å². The fourth-order valence-corrected chi connectivity index (χ4v) is 3.11. The summed E-state index contributed by atoms with van der Waals surface area (Å²) >= 11 is 0. The summed E-state index contributed by atoms with van der Waals surface area (Å²) in [4.78, 5) is 4.51. The summed E-state index contributed by atoms with van der Waals surface area (Å²) in [7, 11) is 0. The van der Waals surface area contributed by atoms with Crippen LogP contribution in [0.3, 0.4) is 0 Å². The fraction of sp³-hybridized carbons (Fsp3) is 0.211. The van der Waals surface area contributed by atoms with Gasteiger partial charge in [-0.1, -0.05) is 12.1 Å². The van der Waals surface area contributed by atoms with E-state index in [9.17, 15) is 0 Å². The van der Waals surface area contributed by atoms with E-state index in [1.54, 1.807) is 6.20 Å². The molecule has 1 fully saturated rings. The van der Waals surface area contributed by atoms with Gasteiger partial charge in [0.25, 0.3) is 0 Å². The summed E-state index contributed by atoms with van der Waals surface area (Å²) in [5.41, 5.74) is 4.50. The zero-order valence-corrected chi connectivity index (χ0v) is 13.7. The Balaban J connectivity index is 1.35. The SMILES string of the molecule is c1cnn(-c2ccc(CNc3ccnc4c(C5CC5)cnn34)cc2)c1. The van der Waals surface area contributed by atoms with E-state index in [4.69, 9.17) is 0 Å². The Kier molecular flexibility index (Phi) is 3.26. The highest BCUT2D eigenvalue weighted by molar-refractivity contribution is 5.55. The van der Waals surface area contributed by atoms with E-state index in [1.165, 1.54) is 24.0 Å². The van der Waals surface area contributed by atoms with Crippen molar-refractivity contribution in [2.75, 3.05) is 5.32 Å². The molecule has 5 rings (SSSR count). The molecule has 0 atom stereocenters. The highest BCUT2D eigenvalue weighted by Crippen LogP contribution is 2.41. The summed E-state index contributed by atoms with van der Waals surface area (Å²) in [5.74, 6) is 1.61. The fourth-order valence-electron chi connectivity index (χ4n) is 3.11. The van der Waals surface area contributed by atoms with Crippen LogP contribution in [0.1, 0.15) is 29.9 Å². The molecule has 1 saturated carbocycles. The third kappa shape index (κ3) is 2.65. The quantitative estimate of drug-likeness (QED) is 0.609. The number of hydrogen-bond donors (Lipinski definition) is 1. The lowest BCUT2D eigenvalue weighted by Crippen LogP contribution is -2.06. The average molecular weight is 330 g/mol. The molecule has 0 bridgehead atoms. The summed E-state index contributed by atoms with van der Waals surface area (Å²) in [6.45, 7) is 0.733. The molecule has 1 N–H and O–H groups in total. The minimum atomic E-state index is 0.648. The maximum Gasteiger partial charge on any atom is 0.160 e. The minimum Gasteiger partial charge on any atom is -0.366 e. The van der Waals surface area contributed by atoms with Crippen molar-refractivity contribution in [2.24, 2.45) is 0 Å². The first-order valence-corrected chi connectivity index (χ1v) is 8.54. The Morgan fingerprint density at radius 3 is 2.68 bits per heavy atom. The second-order valence-corrected chi connectivity index (χ2v) is 6.41. The van der Waals surface area contributed by atoms with Crippen LogP contribution in [-0.4, -0.2) is 24.4 Å². The van der Waals surface area contributed by atoms with Crippen LogP contribution in [0.15, 0.2) is 61.2 Å². The van der Waals surface area contributed by atoms with Crippen molar-refractivity contribution in [3.63, 3.8) is 0 Å². The van der Waals surface area contributed by atoms with E-state index in [0.29, 0.717) is 5.92 Å². The first-order valence-electron chi connectivity index (χ1n) is 8.54. The molecule has 6 heteroatoms.